The van der Waals surface area contributed by atoms with E-state index >= 15 is 0 Å². The summed E-state index contributed by atoms with van der Waals surface area (Å²) in [6.07, 6.45) is 3.50. The monoisotopic (exact) mass is 127 g/mol. The molecular weight excluding hydrogens is 117 g/mol. The normalized spacial score (nSPS) is 7.33. The Morgan fingerprint density at radius 3 is 1.78 bits per heavy atom. The smallest absolute Gasteiger partial charge is 0.0866 e. The molecule has 1 aromatic heterocycles. The van der Waals surface area contributed by atoms with Crippen molar-refractivity contribution in [3.05, 3.63) is 30.6 Å². The topological polar surface area (TPSA) is 12.9 Å². The number of pyridine rings is 1. The molecule has 0 aliphatic heterocycles. The Labute approximate surface area is 54.6 Å². The summed E-state index contributed by atoms with van der Waals surface area (Å²) in [5.74, 6) is 0. The molecule has 9 heavy (non-hydrogen) atoms. The summed E-state index contributed by atoms with van der Waals surface area (Å²) in [6, 6.07) is 5.72. The van der Waals surface area contributed by atoms with Gasteiger partial charge in [0, 0.05) is 12.4 Å². The molecule has 50 valence electrons. The minimum Gasteiger partial charge on any atom is -0.265 e. The lowest BCUT2D eigenvalue weighted by Gasteiger charge is -1.70. The van der Waals surface area contributed by atoms with Gasteiger partial charge < -0.3 is 0 Å². The van der Waals surface area contributed by atoms with E-state index in [1.165, 1.54) is 6.92 Å². The maximum Gasteiger partial charge on any atom is 0.0866 e. The van der Waals surface area contributed by atoms with Gasteiger partial charge in [0.25, 0.3) is 0 Å². The highest BCUT2D eigenvalue weighted by molar-refractivity contribution is 4.88. The van der Waals surface area contributed by atoms with Gasteiger partial charge in [-0.05, 0) is 19.1 Å². The van der Waals surface area contributed by atoms with Gasteiger partial charge in [-0.1, -0.05) is 6.07 Å². The predicted octanol–water partition coefficient (Wildman–Crippen LogP) is 2.06. The number of rotatable bonds is 0. The average Bonchev–Trinajstić information content (AvgIpc) is 1.93. The molecule has 0 fully saturated rings. The molecule has 0 radical (unpaired) electrons. The molecule has 0 aliphatic carbocycles. The summed E-state index contributed by atoms with van der Waals surface area (Å²) in [4.78, 5) is 3.78. The number of hydrogen-bond donors (Lipinski definition) is 0. The van der Waals surface area contributed by atoms with Crippen LogP contribution in [0, 0.1) is 0 Å². The van der Waals surface area contributed by atoms with Crippen LogP contribution in [0.25, 0.3) is 0 Å². The van der Waals surface area contributed by atoms with Gasteiger partial charge in [-0.3, -0.25) is 9.37 Å². The van der Waals surface area contributed by atoms with E-state index in [1.807, 2.05) is 18.2 Å². The largest absolute Gasteiger partial charge is 0.265 e. The number of nitrogens with zero attached hydrogens (tertiary/aromatic N) is 1. The molecule has 1 aromatic rings. The third-order valence-corrected chi connectivity index (χ3v) is 0.566. The lowest BCUT2D eigenvalue weighted by molar-refractivity contribution is 0.527. The molecule has 0 N–H and O–H groups in total. The molecule has 0 spiro atoms. The Kier molecular flexibility index (Phi) is 6.36. The van der Waals surface area contributed by atoms with E-state index < -0.39 is 0 Å². The third kappa shape index (κ3) is 7.08. The Morgan fingerprint density at radius 1 is 1.22 bits per heavy atom. The molecule has 0 bridgehead atoms. The van der Waals surface area contributed by atoms with Crippen molar-refractivity contribution < 1.29 is 4.39 Å². The van der Waals surface area contributed by atoms with Crippen LogP contribution in [0.3, 0.4) is 0 Å². The number of aromatic nitrogens is 1. The minimum absolute atomic E-state index is 0.250. The Hall–Kier alpha value is -0.920. The lowest BCUT2D eigenvalue weighted by atomic mass is 10.5. The van der Waals surface area contributed by atoms with Crippen LogP contribution in [-0.2, 0) is 0 Å². The van der Waals surface area contributed by atoms with E-state index in [1.54, 1.807) is 12.4 Å². The summed E-state index contributed by atoms with van der Waals surface area (Å²) in [5.41, 5.74) is 0. The standard InChI is InChI=1S/C5H5N.C2H5F/c1-2-4-6-5-3-1;1-2-3/h1-5H;2H2,1H3. The third-order valence-electron chi connectivity index (χ3n) is 0.566. The van der Waals surface area contributed by atoms with Crippen LogP contribution in [0.1, 0.15) is 6.92 Å². The van der Waals surface area contributed by atoms with E-state index in [-0.39, 0.29) is 6.67 Å². The van der Waals surface area contributed by atoms with Gasteiger partial charge in [-0.15, -0.1) is 0 Å². The van der Waals surface area contributed by atoms with Crippen LogP contribution < -0.4 is 0 Å². The zero-order valence-corrected chi connectivity index (χ0v) is 5.42. The molecule has 0 saturated heterocycles. The Bertz CT molecular complexity index is 91.8. The molecule has 0 saturated carbocycles. The Balaban J connectivity index is 0.000000187. The number of alkyl halides is 1. The average molecular weight is 127 g/mol. The Morgan fingerprint density at radius 2 is 1.67 bits per heavy atom. The minimum atomic E-state index is -0.250. The van der Waals surface area contributed by atoms with Crippen LogP contribution >= 0.6 is 0 Å². The number of halogens is 1. The van der Waals surface area contributed by atoms with Crippen molar-refractivity contribution in [1.82, 2.24) is 4.98 Å². The SMILES string of the molecule is CCF.c1ccncc1. The summed E-state index contributed by atoms with van der Waals surface area (Å²) in [6.45, 7) is 1.21. The summed E-state index contributed by atoms with van der Waals surface area (Å²) in [5, 5.41) is 0. The van der Waals surface area contributed by atoms with Crippen molar-refractivity contribution in [3.8, 4) is 0 Å². The first-order valence-electron chi connectivity index (χ1n) is 2.82. The molecule has 0 aliphatic rings. The fourth-order valence-corrected chi connectivity index (χ4v) is 0.313. The molecule has 1 heterocycles. The highest BCUT2D eigenvalue weighted by Gasteiger charge is 1.58. The quantitative estimate of drug-likeness (QED) is 0.519. The fraction of sp³-hybridized carbons (Fsp3) is 0.286. The van der Waals surface area contributed by atoms with Crippen molar-refractivity contribution in [2.75, 3.05) is 6.67 Å². The highest BCUT2D eigenvalue weighted by atomic mass is 19.1. The predicted molar refractivity (Wildman–Crippen MR) is 35.9 cm³/mol. The van der Waals surface area contributed by atoms with E-state index in [9.17, 15) is 4.39 Å². The second-order valence-electron chi connectivity index (χ2n) is 1.29. The van der Waals surface area contributed by atoms with Crippen LogP contribution in [0.15, 0.2) is 30.6 Å². The van der Waals surface area contributed by atoms with Crippen molar-refractivity contribution in [2.24, 2.45) is 0 Å². The summed E-state index contributed by atoms with van der Waals surface area (Å²) >= 11 is 0. The van der Waals surface area contributed by atoms with Crippen molar-refractivity contribution in [3.63, 3.8) is 0 Å². The van der Waals surface area contributed by atoms with Crippen LogP contribution in [0.5, 0.6) is 0 Å². The van der Waals surface area contributed by atoms with Crippen molar-refractivity contribution in [1.29, 1.82) is 0 Å². The van der Waals surface area contributed by atoms with E-state index in [4.69, 9.17) is 0 Å². The number of hydrogen-bond acceptors (Lipinski definition) is 1. The molecule has 0 aromatic carbocycles. The summed E-state index contributed by atoms with van der Waals surface area (Å²) in [7, 11) is 0. The van der Waals surface area contributed by atoms with Gasteiger partial charge in [-0.25, -0.2) is 0 Å². The molecule has 0 unspecified atom stereocenters. The summed E-state index contributed by atoms with van der Waals surface area (Å²) < 4.78 is 10.3. The van der Waals surface area contributed by atoms with Crippen molar-refractivity contribution >= 4 is 0 Å². The van der Waals surface area contributed by atoms with E-state index in [0.29, 0.717) is 0 Å². The van der Waals surface area contributed by atoms with Crippen LogP contribution in [0.4, 0.5) is 4.39 Å². The molecule has 1 nitrogen and oxygen atoms in total. The van der Waals surface area contributed by atoms with Gasteiger partial charge in [-0.2, -0.15) is 0 Å². The zero-order chi connectivity index (χ0) is 6.95. The first kappa shape index (κ1) is 8.08. The molecular formula is C7H10FN. The van der Waals surface area contributed by atoms with Crippen LogP contribution in [0.2, 0.25) is 0 Å². The maximum atomic E-state index is 10.3. The van der Waals surface area contributed by atoms with Gasteiger partial charge in [0.1, 0.15) is 0 Å². The van der Waals surface area contributed by atoms with E-state index in [2.05, 4.69) is 4.98 Å². The van der Waals surface area contributed by atoms with Gasteiger partial charge >= 0.3 is 0 Å². The first-order chi connectivity index (χ1) is 4.41. The van der Waals surface area contributed by atoms with Gasteiger partial charge in [0.05, 0.1) is 6.67 Å². The lowest BCUT2D eigenvalue weighted by Crippen LogP contribution is -1.58. The highest BCUT2D eigenvalue weighted by Crippen LogP contribution is 1.73. The van der Waals surface area contributed by atoms with Crippen LogP contribution in [-0.4, -0.2) is 11.7 Å². The van der Waals surface area contributed by atoms with E-state index in [0.717, 1.165) is 0 Å². The molecule has 1 rings (SSSR count). The fourth-order valence-electron chi connectivity index (χ4n) is 0.313. The van der Waals surface area contributed by atoms with Gasteiger partial charge in [0.15, 0.2) is 0 Å². The molecule has 0 atom stereocenters. The maximum absolute atomic E-state index is 10.3. The van der Waals surface area contributed by atoms with Crippen molar-refractivity contribution in [2.45, 2.75) is 6.92 Å². The molecule has 0 amide bonds. The first-order valence-corrected chi connectivity index (χ1v) is 2.82. The van der Waals surface area contributed by atoms with Gasteiger partial charge in [0.2, 0.25) is 0 Å². The zero-order valence-electron chi connectivity index (χ0n) is 5.42. The second-order valence-corrected chi connectivity index (χ2v) is 1.29. The molecule has 2 heteroatoms. The second kappa shape index (κ2) is 7.08.